The van der Waals surface area contributed by atoms with Crippen molar-refractivity contribution in [2.45, 2.75) is 19.9 Å². The maximum absolute atomic E-state index is 11.8. The first-order valence-electron chi connectivity index (χ1n) is 7.20. The summed E-state index contributed by atoms with van der Waals surface area (Å²) in [7, 11) is 1.69. The summed E-state index contributed by atoms with van der Waals surface area (Å²) in [5.41, 5.74) is 4.48. The van der Waals surface area contributed by atoms with Crippen LogP contribution in [0.25, 0.3) is 0 Å². The van der Waals surface area contributed by atoms with Gasteiger partial charge in [-0.1, -0.05) is 18.2 Å². The molecule has 0 saturated carbocycles. The summed E-state index contributed by atoms with van der Waals surface area (Å²) >= 11 is 0. The largest absolute Gasteiger partial charge is 0.497 e. The molecule has 0 spiro atoms. The number of ketones is 1. The Morgan fingerprint density at radius 1 is 1.14 bits per heavy atom. The molecule has 1 heterocycles. The number of carbonyl (C=O) groups is 1. The van der Waals surface area contributed by atoms with Crippen molar-refractivity contribution in [3.05, 3.63) is 59.2 Å². The number of para-hydroxylation sites is 1. The molecule has 2 aromatic carbocycles. The molecule has 1 aliphatic heterocycles. The van der Waals surface area contributed by atoms with Crippen molar-refractivity contribution in [3.63, 3.8) is 0 Å². The highest BCUT2D eigenvalue weighted by atomic mass is 16.5. The number of Topliss-reactive ketones (excluding diaryl/α,β-unsaturated/α-hetero) is 1. The number of carbonyl (C=O) groups excluding carboxylic acids is 1. The average Bonchev–Trinajstić information content (AvgIpc) is 2.53. The van der Waals surface area contributed by atoms with Crippen LogP contribution in [0.2, 0.25) is 0 Å². The Labute approximate surface area is 125 Å². The first-order valence-corrected chi connectivity index (χ1v) is 7.20. The van der Waals surface area contributed by atoms with Gasteiger partial charge in [0.25, 0.3) is 0 Å². The van der Waals surface area contributed by atoms with E-state index < -0.39 is 0 Å². The molecule has 0 saturated heterocycles. The Bertz CT molecular complexity index is 679. The van der Waals surface area contributed by atoms with E-state index in [1.165, 1.54) is 11.1 Å². The van der Waals surface area contributed by atoms with Crippen LogP contribution in [0.5, 0.6) is 5.75 Å². The molecule has 0 fully saturated rings. The Hall–Kier alpha value is -2.29. The molecule has 1 aliphatic rings. The van der Waals surface area contributed by atoms with Gasteiger partial charge in [-0.2, -0.15) is 0 Å². The van der Waals surface area contributed by atoms with E-state index in [1.54, 1.807) is 14.0 Å². The fraction of sp³-hybridized carbons (Fsp3) is 0.278. The second kappa shape index (κ2) is 5.60. The second-order valence-electron chi connectivity index (χ2n) is 5.38. The minimum absolute atomic E-state index is 0.117. The van der Waals surface area contributed by atoms with Gasteiger partial charge in [-0.25, -0.2) is 0 Å². The highest BCUT2D eigenvalue weighted by Crippen LogP contribution is 2.29. The van der Waals surface area contributed by atoms with Gasteiger partial charge < -0.3 is 9.64 Å². The van der Waals surface area contributed by atoms with E-state index in [2.05, 4.69) is 17.0 Å². The Morgan fingerprint density at radius 2 is 1.95 bits per heavy atom. The molecule has 0 amide bonds. The van der Waals surface area contributed by atoms with Crippen LogP contribution in [0, 0.1) is 0 Å². The molecule has 2 aromatic rings. The lowest BCUT2D eigenvalue weighted by Crippen LogP contribution is -2.31. The topological polar surface area (TPSA) is 29.5 Å². The number of ether oxygens (including phenoxy) is 1. The summed E-state index contributed by atoms with van der Waals surface area (Å²) in [6.45, 7) is 3.38. The first kappa shape index (κ1) is 13.7. The van der Waals surface area contributed by atoms with E-state index in [0.29, 0.717) is 0 Å². The molecule has 0 N–H and O–H groups in total. The molecule has 0 bridgehead atoms. The predicted molar refractivity (Wildman–Crippen MR) is 84.2 cm³/mol. The quantitative estimate of drug-likeness (QED) is 0.807. The molecule has 0 radical (unpaired) electrons. The van der Waals surface area contributed by atoms with E-state index in [0.717, 1.165) is 36.5 Å². The van der Waals surface area contributed by atoms with Crippen LogP contribution >= 0.6 is 0 Å². The fourth-order valence-corrected chi connectivity index (χ4v) is 2.91. The average molecular weight is 281 g/mol. The SMILES string of the molecule is COc1ccc2c(c1)CCN(c1ccccc1C(C)=O)C2. The minimum Gasteiger partial charge on any atom is -0.497 e. The lowest BCUT2D eigenvalue weighted by molar-refractivity contribution is 0.101. The third kappa shape index (κ3) is 2.64. The van der Waals surface area contributed by atoms with E-state index in [9.17, 15) is 4.79 Å². The molecule has 0 atom stereocenters. The van der Waals surface area contributed by atoms with E-state index in [1.807, 2.05) is 30.3 Å². The maximum atomic E-state index is 11.8. The molecule has 0 unspecified atom stereocenters. The van der Waals surface area contributed by atoms with Crippen molar-refractivity contribution in [1.82, 2.24) is 0 Å². The van der Waals surface area contributed by atoms with Gasteiger partial charge >= 0.3 is 0 Å². The van der Waals surface area contributed by atoms with Crippen LogP contribution in [0.1, 0.15) is 28.4 Å². The molecule has 3 nitrogen and oxygen atoms in total. The number of anilines is 1. The van der Waals surface area contributed by atoms with Gasteiger partial charge in [-0.3, -0.25) is 4.79 Å². The number of methoxy groups -OCH3 is 1. The molecule has 108 valence electrons. The van der Waals surface area contributed by atoms with E-state index in [-0.39, 0.29) is 5.78 Å². The molecule has 3 rings (SSSR count). The molecular formula is C18H19NO2. The van der Waals surface area contributed by atoms with E-state index in [4.69, 9.17) is 4.74 Å². The zero-order valence-corrected chi connectivity index (χ0v) is 12.4. The summed E-state index contributed by atoms with van der Waals surface area (Å²) in [6.07, 6.45) is 0.971. The highest BCUT2D eigenvalue weighted by Gasteiger charge is 2.20. The lowest BCUT2D eigenvalue weighted by Gasteiger charge is -2.32. The number of benzene rings is 2. The maximum Gasteiger partial charge on any atom is 0.161 e. The summed E-state index contributed by atoms with van der Waals surface area (Å²) in [5.74, 6) is 1.03. The fourth-order valence-electron chi connectivity index (χ4n) is 2.91. The molecule has 21 heavy (non-hydrogen) atoms. The van der Waals surface area contributed by atoms with Gasteiger partial charge in [0.1, 0.15) is 5.75 Å². The third-order valence-corrected chi connectivity index (χ3v) is 4.05. The van der Waals surface area contributed by atoms with Gasteiger partial charge in [0.2, 0.25) is 0 Å². The first-order chi connectivity index (χ1) is 10.2. The zero-order valence-electron chi connectivity index (χ0n) is 12.4. The smallest absolute Gasteiger partial charge is 0.161 e. The predicted octanol–water partition coefficient (Wildman–Crippen LogP) is 3.46. The standard InChI is InChI=1S/C18H19NO2/c1-13(20)17-5-3-4-6-18(17)19-10-9-14-11-16(21-2)8-7-15(14)12-19/h3-8,11H,9-10,12H2,1-2H3. The molecule has 3 heteroatoms. The zero-order chi connectivity index (χ0) is 14.8. The van der Waals surface area contributed by atoms with Crippen molar-refractivity contribution in [3.8, 4) is 5.75 Å². The summed E-state index contributed by atoms with van der Waals surface area (Å²) in [4.78, 5) is 14.1. The minimum atomic E-state index is 0.117. The van der Waals surface area contributed by atoms with Crippen molar-refractivity contribution < 1.29 is 9.53 Å². The van der Waals surface area contributed by atoms with Gasteiger partial charge in [-0.05, 0) is 48.7 Å². The Kier molecular flexibility index (Phi) is 3.65. The van der Waals surface area contributed by atoms with Crippen LogP contribution in [0.4, 0.5) is 5.69 Å². The van der Waals surface area contributed by atoms with Gasteiger partial charge in [0.15, 0.2) is 5.78 Å². The van der Waals surface area contributed by atoms with Crippen LogP contribution in [-0.4, -0.2) is 19.4 Å². The van der Waals surface area contributed by atoms with Crippen molar-refractivity contribution in [2.75, 3.05) is 18.6 Å². The van der Waals surface area contributed by atoms with Crippen molar-refractivity contribution in [2.24, 2.45) is 0 Å². The van der Waals surface area contributed by atoms with Gasteiger partial charge in [-0.15, -0.1) is 0 Å². The Morgan fingerprint density at radius 3 is 2.71 bits per heavy atom. The van der Waals surface area contributed by atoms with Crippen LogP contribution in [-0.2, 0) is 13.0 Å². The Balaban J connectivity index is 1.92. The number of nitrogens with zero attached hydrogens (tertiary/aromatic N) is 1. The lowest BCUT2D eigenvalue weighted by atomic mass is 9.98. The van der Waals surface area contributed by atoms with Crippen molar-refractivity contribution >= 4 is 11.5 Å². The van der Waals surface area contributed by atoms with Gasteiger partial charge in [0, 0.05) is 24.3 Å². The summed E-state index contributed by atoms with van der Waals surface area (Å²) in [5, 5.41) is 0. The van der Waals surface area contributed by atoms with Crippen molar-refractivity contribution in [1.29, 1.82) is 0 Å². The normalized spacial score (nSPS) is 13.7. The van der Waals surface area contributed by atoms with Crippen LogP contribution in [0.15, 0.2) is 42.5 Å². The van der Waals surface area contributed by atoms with Crippen LogP contribution in [0.3, 0.4) is 0 Å². The number of rotatable bonds is 3. The number of hydrogen-bond acceptors (Lipinski definition) is 3. The number of fused-ring (bicyclic) bond motifs is 1. The second-order valence-corrected chi connectivity index (χ2v) is 5.38. The molecular weight excluding hydrogens is 262 g/mol. The third-order valence-electron chi connectivity index (χ3n) is 4.05. The summed E-state index contributed by atoms with van der Waals surface area (Å²) in [6, 6.07) is 14.1. The van der Waals surface area contributed by atoms with E-state index >= 15 is 0 Å². The van der Waals surface area contributed by atoms with Crippen LogP contribution < -0.4 is 9.64 Å². The highest BCUT2D eigenvalue weighted by molar-refractivity contribution is 5.99. The molecule has 0 aromatic heterocycles. The monoisotopic (exact) mass is 281 g/mol. The number of hydrogen-bond donors (Lipinski definition) is 0. The summed E-state index contributed by atoms with van der Waals surface area (Å²) < 4.78 is 5.28. The molecule has 0 aliphatic carbocycles. The van der Waals surface area contributed by atoms with Gasteiger partial charge in [0.05, 0.1) is 7.11 Å².